The molecule has 0 bridgehead atoms. The van der Waals surface area contributed by atoms with E-state index < -0.39 is 6.10 Å². The van der Waals surface area contributed by atoms with Crippen molar-refractivity contribution in [1.82, 2.24) is 5.32 Å². The van der Waals surface area contributed by atoms with E-state index in [0.29, 0.717) is 35.0 Å². The Morgan fingerprint density at radius 1 is 1.21 bits per heavy atom. The van der Waals surface area contributed by atoms with Crippen molar-refractivity contribution in [3.63, 3.8) is 0 Å². The van der Waals surface area contributed by atoms with Gasteiger partial charge >= 0.3 is 0 Å². The van der Waals surface area contributed by atoms with Gasteiger partial charge in [0.15, 0.2) is 6.10 Å². The second kappa shape index (κ2) is 10.3. The Morgan fingerprint density at radius 2 is 1.97 bits per heavy atom. The van der Waals surface area contributed by atoms with Gasteiger partial charge in [0, 0.05) is 13.2 Å². The Hall–Kier alpha value is -2.57. The maximum Gasteiger partial charge on any atom is 0.265 e. The summed E-state index contributed by atoms with van der Waals surface area (Å²) in [4.78, 5) is 25.4. The number of rotatable bonds is 8. The summed E-state index contributed by atoms with van der Waals surface area (Å²) in [6, 6.07) is 13.9. The molecule has 1 aliphatic rings. The van der Waals surface area contributed by atoms with Crippen LogP contribution in [0.1, 0.15) is 36.5 Å². The number of hydrogen-bond acceptors (Lipinski definition) is 4. The molecule has 3 rings (SSSR count). The van der Waals surface area contributed by atoms with Gasteiger partial charge in [-0.25, -0.2) is 0 Å². The minimum absolute atomic E-state index is 0.0502. The molecule has 154 valence electrons. The van der Waals surface area contributed by atoms with Crippen LogP contribution < -0.4 is 15.4 Å². The predicted octanol–water partition coefficient (Wildman–Crippen LogP) is 4.04. The highest BCUT2D eigenvalue weighted by Crippen LogP contribution is 2.25. The highest BCUT2D eigenvalue weighted by atomic mass is 35.5. The monoisotopic (exact) mass is 416 g/mol. The number of hydrogen-bond donors (Lipinski definition) is 2. The lowest BCUT2D eigenvalue weighted by Gasteiger charge is -2.19. The number of para-hydroxylation sites is 2. The Morgan fingerprint density at radius 3 is 2.69 bits per heavy atom. The number of amides is 2. The van der Waals surface area contributed by atoms with Crippen LogP contribution in [0.15, 0.2) is 48.5 Å². The quantitative estimate of drug-likeness (QED) is 0.680. The molecule has 0 saturated carbocycles. The number of benzene rings is 2. The van der Waals surface area contributed by atoms with Crippen molar-refractivity contribution in [2.24, 2.45) is 0 Å². The van der Waals surface area contributed by atoms with Gasteiger partial charge in [0.25, 0.3) is 11.8 Å². The van der Waals surface area contributed by atoms with E-state index in [0.717, 1.165) is 19.4 Å². The van der Waals surface area contributed by atoms with Crippen LogP contribution in [-0.2, 0) is 9.53 Å². The summed E-state index contributed by atoms with van der Waals surface area (Å²) in [6.45, 7) is 3.03. The van der Waals surface area contributed by atoms with Crippen molar-refractivity contribution in [2.75, 3.05) is 18.5 Å². The van der Waals surface area contributed by atoms with Crippen LogP contribution in [0.2, 0.25) is 5.02 Å². The molecule has 0 unspecified atom stereocenters. The normalized spacial score (nSPS) is 16.8. The molecule has 1 saturated heterocycles. The van der Waals surface area contributed by atoms with Gasteiger partial charge in [-0.05, 0) is 43.5 Å². The van der Waals surface area contributed by atoms with Crippen molar-refractivity contribution in [2.45, 2.75) is 38.4 Å². The molecule has 2 N–H and O–H groups in total. The average molecular weight is 417 g/mol. The highest BCUT2D eigenvalue weighted by Gasteiger charge is 2.22. The lowest BCUT2D eigenvalue weighted by Crippen LogP contribution is -2.35. The molecule has 29 heavy (non-hydrogen) atoms. The molecule has 1 fully saturated rings. The number of halogens is 1. The molecular formula is C22H25ClN2O4. The van der Waals surface area contributed by atoms with E-state index in [4.69, 9.17) is 21.1 Å². The average Bonchev–Trinajstić information content (AvgIpc) is 3.25. The summed E-state index contributed by atoms with van der Waals surface area (Å²) in [7, 11) is 0. The minimum atomic E-state index is -0.738. The van der Waals surface area contributed by atoms with Crippen molar-refractivity contribution in [1.29, 1.82) is 0 Å². The molecule has 2 aromatic carbocycles. The fourth-order valence-electron chi connectivity index (χ4n) is 3.13. The highest BCUT2D eigenvalue weighted by molar-refractivity contribution is 6.32. The molecule has 1 aliphatic heterocycles. The molecule has 1 heterocycles. The van der Waals surface area contributed by atoms with Gasteiger partial charge in [-0.2, -0.15) is 0 Å². The summed E-state index contributed by atoms with van der Waals surface area (Å²) in [5.74, 6) is -0.151. The Bertz CT molecular complexity index is 852. The first kappa shape index (κ1) is 21.1. The zero-order valence-corrected chi connectivity index (χ0v) is 17.1. The third kappa shape index (κ3) is 5.71. The van der Waals surface area contributed by atoms with Gasteiger partial charge in [-0.1, -0.05) is 42.8 Å². The smallest absolute Gasteiger partial charge is 0.265 e. The Kier molecular flexibility index (Phi) is 7.49. The van der Waals surface area contributed by atoms with Gasteiger partial charge in [0.1, 0.15) is 5.75 Å². The Labute approximate surface area is 175 Å². The number of nitrogens with one attached hydrogen (secondary N) is 2. The van der Waals surface area contributed by atoms with Crippen molar-refractivity contribution < 1.29 is 19.1 Å². The van der Waals surface area contributed by atoms with E-state index in [1.807, 2.05) is 6.92 Å². The number of carbonyl (C=O) groups is 2. The summed E-state index contributed by atoms with van der Waals surface area (Å²) in [6.07, 6.45) is 1.71. The van der Waals surface area contributed by atoms with Crippen molar-refractivity contribution >= 4 is 29.1 Å². The zero-order chi connectivity index (χ0) is 20.6. The lowest BCUT2D eigenvalue weighted by atomic mass is 10.1. The number of ether oxygens (including phenoxy) is 2. The maximum absolute atomic E-state index is 12.8. The van der Waals surface area contributed by atoms with Gasteiger partial charge in [0.05, 0.1) is 22.4 Å². The molecule has 0 aliphatic carbocycles. The largest absolute Gasteiger partial charge is 0.479 e. The van der Waals surface area contributed by atoms with Crippen LogP contribution in [0.3, 0.4) is 0 Å². The molecule has 7 heteroatoms. The predicted molar refractivity (Wildman–Crippen MR) is 113 cm³/mol. The van der Waals surface area contributed by atoms with E-state index in [2.05, 4.69) is 10.6 Å². The fourth-order valence-corrected chi connectivity index (χ4v) is 3.31. The van der Waals surface area contributed by atoms with Crippen LogP contribution in [0.25, 0.3) is 0 Å². The van der Waals surface area contributed by atoms with Crippen molar-refractivity contribution in [3.05, 3.63) is 59.1 Å². The lowest BCUT2D eigenvalue weighted by molar-refractivity contribution is -0.122. The molecule has 6 nitrogen and oxygen atoms in total. The summed E-state index contributed by atoms with van der Waals surface area (Å²) < 4.78 is 11.3. The molecular weight excluding hydrogens is 392 g/mol. The van der Waals surface area contributed by atoms with E-state index in [-0.39, 0.29) is 17.9 Å². The van der Waals surface area contributed by atoms with Crippen LogP contribution in [0.4, 0.5) is 5.69 Å². The number of anilines is 1. The van der Waals surface area contributed by atoms with Gasteiger partial charge in [-0.15, -0.1) is 0 Å². The SMILES string of the molecule is CC[C@H](Oc1ccccc1Cl)C(=O)Nc1ccccc1C(=O)NC[C@H]1CCCO1. The molecule has 0 spiro atoms. The van der Waals surface area contributed by atoms with E-state index in [1.165, 1.54) is 0 Å². The molecule has 0 radical (unpaired) electrons. The van der Waals surface area contributed by atoms with Crippen LogP contribution in [0.5, 0.6) is 5.75 Å². The van der Waals surface area contributed by atoms with Crippen LogP contribution >= 0.6 is 11.6 Å². The van der Waals surface area contributed by atoms with Crippen LogP contribution in [0, 0.1) is 0 Å². The third-order valence-electron chi connectivity index (χ3n) is 4.71. The fraction of sp³-hybridized carbons (Fsp3) is 0.364. The first-order chi connectivity index (χ1) is 14.1. The summed E-state index contributed by atoms with van der Waals surface area (Å²) in [5, 5.41) is 6.13. The topological polar surface area (TPSA) is 76.7 Å². The second-order valence-electron chi connectivity index (χ2n) is 6.83. The van der Waals surface area contributed by atoms with Crippen LogP contribution in [-0.4, -0.2) is 37.2 Å². The molecule has 0 aromatic heterocycles. The number of carbonyl (C=O) groups excluding carboxylic acids is 2. The molecule has 2 amide bonds. The zero-order valence-electron chi connectivity index (χ0n) is 16.3. The Balaban J connectivity index is 1.66. The first-order valence-electron chi connectivity index (χ1n) is 9.79. The second-order valence-corrected chi connectivity index (χ2v) is 7.23. The van der Waals surface area contributed by atoms with E-state index in [1.54, 1.807) is 48.5 Å². The summed E-state index contributed by atoms with van der Waals surface area (Å²) >= 11 is 6.13. The molecule has 2 atom stereocenters. The first-order valence-corrected chi connectivity index (χ1v) is 10.2. The van der Waals surface area contributed by atoms with Crippen molar-refractivity contribution in [3.8, 4) is 5.75 Å². The standard InChI is InChI=1S/C22H25ClN2O4/c1-2-19(29-20-12-6-4-10-17(20)23)22(27)25-18-11-5-3-9-16(18)21(26)24-14-15-8-7-13-28-15/h3-6,9-12,15,19H,2,7-8,13-14H2,1H3,(H,24,26)(H,25,27)/t15-,19+/m1/s1. The van der Waals surface area contributed by atoms with Gasteiger partial charge in [-0.3, -0.25) is 9.59 Å². The molecule has 2 aromatic rings. The summed E-state index contributed by atoms with van der Waals surface area (Å²) in [5.41, 5.74) is 0.829. The van der Waals surface area contributed by atoms with Gasteiger partial charge < -0.3 is 20.1 Å². The third-order valence-corrected chi connectivity index (χ3v) is 5.03. The van der Waals surface area contributed by atoms with E-state index in [9.17, 15) is 9.59 Å². The minimum Gasteiger partial charge on any atom is -0.479 e. The van der Waals surface area contributed by atoms with Gasteiger partial charge in [0.2, 0.25) is 0 Å². The maximum atomic E-state index is 12.8. The van der Waals surface area contributed by atoms with E-state index >= 15 is 0 Å².